The lowest BCUT2D eigenvalue weighted by Crippen LogP contribution is -2.28. The van der Waals surface area contributed by atoms with Crippen molar-refractivity contribution in [3.8, 4) is 0 Å². The second-order valence-corrected chi connectivity index (χ2v) is 9.28. The van der Waals surface area contributed by atoms with Crippen LogP contribution in [0, 0.1) is 5.92 Å². The Bertz CT molecular complexity index is 1210. The molecule has 0 radical (unpaired) electrons. The topological polar surface area (TPSA) is 90.3 Å². The predicted octanol–water partition coefficient (Wildman–Crippen LogP) is 4.06. The van der Waals surface area contributed by atoms with Gasteiger partial charge in [0.15, 0.2) is 10.9 Å². The summed E-state index contributed by atoms with van der Waals surface area (Å²) in [5.41, 5.74) is 1.13. The molecule has 0 spiro atoms. The molecule has 1 amide bonds. The molecule has 0 bridgehead atoms. The van der Waals surface area contributed by atoms with Crippen LogP contribution in [0.5, 0.6) is 0 Å². The Kier molecular flexibility index (Phi) is 8.66. The lowest BCUT2D eigenvalue weighted by molar-refractivity contribution is 0.0948. The van der Waals surface area contributed by atoms with E-state index in [1.807, 2.05) is 13.8 Å². The van der Waals surface area contributed by atoms with E-state index in [1.54, 1.807) is 49.6 Å². The molecule has 2 aromatic carbocycles. The fourth-order valence-corrected chi connectivity index (χ4v) is 4.13. The van der Waals surface area contributed by atoms with Crippen LogP contribution >= 0.6 is 23.4 Å². The molecule has 1 aromatic heterocycles. The third-order valence-electron chi connectivity index (χ3n) is 4.87. The highest BCUT2D eigenvalue weighted by molar-refractivity contribution is 7.99. The number of carbonyl (C=O) groups is 2. The minimum atomic E-state index is -0.243. The zero-order valence-corrected chi connectivity index (χ0v) is 20.3. The highest BCUT2D eigenvalue weighted by atomic mass is 35.5. The molecule has 174 valence electrons. The quantitative estimate of drug-likeness (QED) is 0.263. The number of nitrogens with one attached hydrogen (secondary N) is 1. The first kappa shape index (κ1) is 25.0. The molecule has 0 aliphatic rings. The third-order valence-corrected chi connectivity index (χ3v) is 6.10. The summed E-state index contributed by atoms with van der Waals surface area (Å²) in [5, 5.41) is 4.22. The van der Waals surface area contributed by atoms with Crippen molar-refractivity contribution in [2.24, 2.45) is 5.92 Å². The Hall–Kier alpha value is -2.68. The number of halogens is 1. The molecule has 0 aliphatic carbocycles. The number of benzene rings is 2. The highest BCUT2D eigenvalue weighted by Gasteiger charge is 2.16. The fourth-order valence-electron chi connectivity index (χ4n) is 3.08. The summed E-state index contributed by atoms with van der Waals surface area (Å²) in [4.78, 5) is 42.9. The second kappa shape index (κ2) is 11.4. The van der Waals surface area contributed by atoms with Crippen LogP contribution in [-0.4, -0.2) is 47.3 Å². The van der Waals surface area contributed by atoms with Crippen LogP contribution in [0.2, 0.25) is 5.02 Å². The van der Waals surface area contributed by atoms with Gasteiger partial charge in [0.25, 0.3) is 11.5 Å². The van der Waals surface area contributed by atoms with E-state index in [2.05, 4.69) is 10.3 Å². The minimum absolute atomic E-state index is 0.0983. The molecule has 3 rings (SSSR count). The average molecular weight is 488 g/mol. The number of amides is 1. The van der Waals surface area contributed by atoms with Crippen molar-refractivity contribution in [1.82, 2.24) is 14.9 Å². The zero-order chi connectivity index (χ0) is 24.0. The Morgan fingerprint density at radius 3 is 2.52 bits per heavy atom. The summed E-state index contributed by atoms with van der Waals surface area (Å²) in [6.45, 7) is 5.20. The Balaban J connectivity index is 1.92. The van der Waals surface area contributed by atoms with Crippen molar-refractivity contribution in [2.45, 2.75) is 25.5 Å². The van der Waals surface area contributed by atoms with Crippen molar-refractivity contribution in [2.75, 3.05) is 26.0 Å². The summed E-state index contributed by atoms with van der Waals surface area (Å²) in [7, 11) is 1.55. The summed E-state index contributed by atoms with van der Waals surface area (Å²) in [6, 6.07) is 11.5. The molecule has 0 fully saturated rings. The summed E-state index contributed by atoms with van der Waals surface area (Å²) >= 11 is 7.07. The van der Waals surface area contributed by atoms with Gasteiger partial charge in [0.2, 0.25) is 0 Å². The van der Waals surface area contributed by atoms with Gasteiger partial charge in [-0.2, -0.15) is 0 Å². The van der Waals surface area contributed by atoms with E-state index in [0.29, 0.717) is 57.8 Å². The number of ether oxygens (including phenoxy) is 1. The molecule has 33 heavy (non-hydrogen) atoms. The van der Waals surface area contributed by atoms with Gasteiger partial charge in [-0.1, -0.05) is 37.2 Å². The molecular formula is C24H26ClN3O4S. The standard InChI is InChI=1S/C24H26ClN3O4S/c1-15(2)13-26-22(30)17-6-9-19-20(12-17)27-24(28(23(19)31)10-11-32-3)33-14-21(29)16-4-7-18(25)8-5-16/h4-9,12,15H,10-11,13-14H2,1-3H3,(H,26,30). The monoisotopic (exact) mass is 487 g/mol. The number of Topliss-reactive ketones (excluding diaryl/α,β-unsaturated/α-hetero) is 1. The Morgan fingerprint density at radius 2 is 1.85 bits per heavy atom. The number of aromatic nitrogens is 2. The molecule has 3 aromatic rings. The van der Waals surface area contributed by atoms with E-state index < -0.39 is 0 Å². The normalized spacial score (nSPS) is 11.2. The maximum Gasteiger partial charge on any atom is 0.262 e. The molecule has 0 saturated heterocycles. The van der Waals surface area contributed by atoms with Crippen molar-refractivity contribution in [3.05, 3.63) is 69.0 Å². The van der Waals surface area contributed by atoms with E-state index in [-0.39, 0.29) is 23.0 Å². The smallest absolute Gasteiger partial charge is 0.262 e. The van der Waals surface area contributed by atoms with Crippen molar-refractivity contribution in [3.63, 3.8) is 0 Å². The molecular weight excluding hydrogens is 462 g/mol. The van der Waals surface area contributed by atoms with Crippen LogP contribution in [0.15, 0.2) is 52.4 Å². The fraction of sp³-hybridized carbons (Fsp3) is 0.333. The molecule has 7 nitrogen and oxygen atoms in total. The summed E-state index contributed by atoms with van der Waals surface area (Å²) in [6.07, 6.45) is 0. The number of methoxy groups -OCH3 is 1. The van der Waals surface area contributed by atoms with E-state index >= 15 is 0 Å². The number of carbonyl (C=O) groups excluding carboxylic acids is 2. The number of thioether (sulfide) groups is 1. The van der Waals surface area contributed by atoms with Crippen LogP contribution in [0.3, 0.4) is 0 Å². The summed E-state index contributed by atoms with van der Waals surface area (Å²) < 4.78 is 6.65. The number of fused-ring (bicyclic) bond motifs is 1. The van der Waals surface area contributed by atoms with E-state index in [4.69, 9.17) is 16.3 Å². The first-order valence-corrected chi connectivity index (χ1v) is 11.9. The maximum atomic E-state index is 13.2. The third kappa shape index (κ3) is 6.43. The van der Waals surface area contributed by atoms with Gasteiger partial charge in [0.1, 0.15) is 0 Å². The molecule has 0 unspecified atom stereocenters. The predicted molar refractivity (Wildman–Crippen MR) is 132 cm³/mol. The van der Waals surface area contributed by atoms with E-state index in [9.17, 15) is 14.4 Å². The number of nitrogens with zero attached hydrogens (tertiary/aromatic N) is 2. The SMILES string of the molecule is COCCn1c(SCC(=O)c2ccc(Cl)cc2)nc2cc(C(=O)NCC(C)C)ccc2c1=O. The number of rotatable bonds is 10. The Morgan fingerprint density at radius 1 is 1.15 bits per heavy atom. The van der Waals surface area contributed by atoms with Crippen molar-refractivity contribution < 1.29 is 14.3 Å². The first-order valence-electron chi connectivity index (χ1n) is 10.5. The van der Waals surface area contributed by atoms with Gasteiger partial charge in [-0.05, 0) is 48.4 Å². The maximum absolute atomic E-state index is 13.2. The minimum Gasteiger partial charge on any atom is -0.383 e. The van der Waals surface area contributed by atoms with Crippen molar-refractivity contribution >= 4 is 46.0 Å². The number of ketones is 1. The number of hydrogen-bond donors (Lipinski definition) is 1. The van der Waals surface area contributed by atoms with Gasteiger partial charge in [-0.25, -0.2) is 4.98 Å². The van der Waals surface area contributed by atoms with Gasteiger partial charge >= 0.3 is 0 Å². The van der Waals surface area contributed by atoms with Gasteiger partial charge in [-0.15, -0.1) is 0 Å². The van der Waals surface area contributed by atoms with Gasteiger partial charge in [0, 0.05) is 29.8 Å². The zero-order valence-electron chi connectivity index (χ0n) is 18.8. The Labute approximate surface area is 201 Å². The lowest BCUT2D eigenvalue weighted by Gasteiger charge is -2.13. The van der Waals surface area contributed by atoms with Crippen molar-refractivity contribution in [1.29, 1.82) is 0 Å². The van der Waals surface area contributed by atoms with Crippen LogP contribution in [0.25, 0.3) is 10.9 Å². The second-order valence-electron chi connectivity index (χ2n) is 7.90. The average Bonchev–Trinajstić information content (AvgIpc) is 2.80. The van der Waals surface area contributed by atoms with E-state index in [1.165, 1.54) is 16.3 Å². The molecule has 0 atom stereocenters. The van der Waals surface area contributed by atoms with Crippen LogP contribution in [0.1, 0.15) is 34.6 Å². The molecule has 9 heteroatoms. The van der Waals surface area contributed by atoms with Crippen LogP contribution in [-0.2, 0) is 11.3 Å². The van der Waals surface area contributed by atoms with Gasteiger partial charge < -0.3 is 10.1 Å². The largest absolute Gasteiger partial charge is 0.383 e. The molecule has 0 saturated carbocycles. The molecule has 0 aliphatic heterocycles. The number of hydrogen-bond acceptors (Lipinski definition) is 6. The molecule has 1 heterocycles. The van der Waals surface area contributed by atoms with Gasteiger partial charge in [0.05, 0.1) is 29.8 Å². The van der Waals surface area contributed by atoms with Gasteiger partial charge in [-0.3, -0.25) is 19.0 Å². The highest BCUT2D eigenvalue weighted by Crippen LogP contribution is 2.21. The lowest BCUT2D eigenvalue weighted by atomic mass is 10.1. The van der Waals surface area contributed by atoms with Crippen LogP contribution in [0.4, 0.5) is 0 Å². The summed E-state index contributed by atoms with van der Waals surface area (Å²) in [5.74, 6) is 0.0945. The van der Waals surface area contributed by atoms with Crippen LogP contribution < -0.4 is 10.9 Å². The molecule has 1 N–H and O–H groups in total. The van der Waals surface area contributed by atoms with E-state index in [0.717, 1.165) is 0 Å². The first-order chi connectivity index (χ1) is 15.8.